The van der Waals surface area contributed by atoms with Crippen molar-refractivity contribution in [3.05, 3.63) is 0 Å². The first-order valence-electron chi connectivity index (χ1n) is 5.31. The number of hydrogen-bond donors (Lipinski definition) is 0. The van der Waals surface area contributed by atoms with Crippen molar-refractivity contribution in [2.45, 2.75) is 52.2 Å². The quantitative estimate of drug-likeness (QED) is 0.601. The Morgan fingerprint density at radius 2 is 1.77 bits per heavy atom. The van der Waals surface area contributed by atoms with Crippen molar-refractivity contribution >= 4 is 27.7 Å². The molecule has 0 N–H and O–H groups in total. The Hall–Kier alpha value is 0.830. The molecule has 0 aliphatic heterocycles. The van der Waals surface area contributed by atoms with Crippen LogP contribution in [-0.2, 0) is 0 Å². The van der Waals surface area contributed by atoms with Crippen LogP contribution in [0.25, 0.3) is 0 Å². The van der Waals surface area contributed by atoms with Crippen LogP contribution in [0.4, 0.5) is 0 Å². The first-order chi connectivity index (χ1) is 6.14. The lowest BCUT2D eigenvalue weighted by Crippen LogP contribution is -2.24. The molecule has 1 unspecified atom stereocenters. The number of hydrogen-bond acceptors (Lipinski definition) is 1. The molecule has 0 aliphatic rings. The Labute approximate surface area is 96.4 Å². The lowest BCUT2D eigenvalue weighted by Gasteiger charge is -2.30. The number of alkyl halides is 1. The summed E-state index contributed by atoms with van der Waals surface area (Å²) in [6.07, 6.45) is 3.87. The zero-order valence-corrected chi connectivity index (χ0v) is 11.8. The highest BCUT2D eigenvalue weighted by atomic mass is 79.9. The van der Waals surface area contributed by atoms with E-state index in [1.807, 2.05) is 0 Å². The molecule has 0 aromatic carbocycles. The van der Waals surface area contributed by atoms with Crippen LogP contribution < -0.4 is 0 Å². The van der Waals surface area contributed by atoms with Gasteiger partial charge in [-0.05, 0) is 30.4 Å². The van der Waals surface area contributed by atoms with E-state index in [0.29, 0.717) is 5.41 Å². The fourth-order valence-corrected chi connectivity index (χ4v) is 3.76. The van der Waals surface area contributed by atoms with E-state index in [1.165, 1.54) is 25.0 Å². The summed E-state index contributed by atoms with van der Waals surface area (Å²) in [5.41, 5.74) is 0.536. The van der Waals surface area contributed by atoms with Crippen molar-refractivity contribution in [3.8, 4) is 0 Å². The second-order valence-electron chi connectivity index (χ2n) is 3.87. The van der Waals surface area contributed by atoms with Crippen LogP contribution in [0.2, 0.25) is 0 Å². The second kappa shape index (κ2) is 7.17. The molecule has 0 rings (SSSR count). The molecular weight excluding hydrogens is 244 g/mol. The molecule has 0 fully saturated rings. The third-order valence-electron chi connectivity index (χ3n) is 3.03. The molecule has 2 heteroatoms. The predicted molar refractivity (Wildman–Crippen MR) is 69.0 cm³/mol. The van der Waals surface area contributed by atoms with Crippen molar-refractivity contribution in [1.29, 1.82) is 0 Å². The van der Waals surface area contributed by atoms with Gasteiger partial charge < -0.3 is 0 Å². The summed E-state index contributed by atoms with van der Waals surface area (Å²) < 4.78 is 0. The van der Waals surface area contributed by atoms with Crippen molar-refractivity contribution in [2.75, 3.05) is 11.1 Å². The van der Waals surface area contributed by atoms with E-state index in [2.05, 4.69) is 55.4 Å². The SMILES string of the molecule is CCC(C)SCC(CC)(CC)CBr. The van der Waals surface area contributed by atoms with Gasteiger partial charge in [0, 0.05) is 10.6 Å². The van der Waals surface area contributed by atoms with Crippen LogP contribution in [0.5, 0.6) is 0 Å². The van der Waals surface area contributed by atoms with Crippen molar-refractivity contribution in [3.63, 3.8) is 0 Å². The molecule has 1 atom stereocenters. The summed E-state index contributed by atoms with van der Waals surface area (Å²) in [5, 5.41) is 1.97. The van der Waals surface area contributed by atoms with Crippen molar-refractivity contribution in [1.82, 2.24) is 0 Å². The Morgan fingerprint density at radius 3 is 2.08 bits per heavy atom. The number of halogens is 1. The van der Waals surface area contributed by atoms with Gasteiger partial charge in [0.25, 0.3) is 0 Å². The van der Waals surface area contributed by atoms with E-state index in [4.69, 9.17) is 0 Å². The summed E-state index contributed by atoms with van der Waals surface area (Å²) in [6.45, 7) is 9.21. The molecule has 0 spiro atoms. The van der Waals surface area contributed by atoms with Gasteiger partial charge in [0.15, 0.2) is 0 Å². The van der Waals surface area contributed by atoms with Gasteiger partial charge in [-0.3, -0.25) is 0 Å². The van der Waals surface area contributed by atoms with Gasteiger partial charge in [-0.25, -0.2) is 0 Å². The maximum atomic E-state index is 3.65. The zero-order chi connectivity index (χ0) is 10.3. The minimum atomic E-state index is 0.536. The normalized spacial score (nSPS) is 14.5. The van der Waals surface area contributed by atoms with Gasteiger partial charge >= 0.3 is 0 Å². The topological polar surface area (TPSA) is 0 Å². The van der Waals surface area contributed by atoms with E-state index >= 15 is 0 Å². The van der Waals surface area contributed by atoms with E-state index in [1.54, 1.807) is 0 Å². The summed E-state index contributed by atoms with van der Waals surface area (Å²) >= 11 is 5.78. The Balaban J connectivity index is 3.95. The highest BCUT2D eigenvalue weighted by molar-refractivity contribution is 9.09. The third-order valence-corrected chi connectivity index (χ3v) is 5.90. The number of thioether (sulfide) groups is 1. The fourth-order valence-electron chi connectivity index (χ4n) is 1.12. The Bertz CT molecular complexity index is 113. The highest BCUT2D eigenvalue weighted by Crippen LogP contribution is 2.34. The molecule has 0 aliphatic carbocycles. The van der Waals surface area contributed by atoms with E-state index in [-0.39, 0.29) is 0 Å². The van der Waals surface area contributed by atoms with Crippen LogP contribution in [-0.4, -0.2) is 16.3 Å². The molecule has 0 radical (unpaired) electrons. The standard InChI is InChI=1S/C11H23BrS/c1-5-10(4)13-9-11(6-2,7-3)8-12/h10H,5-9H2,1-4H3. The van der Waals surface area contributed by atoms with Gasteiger partial charge in [-0.2, -0.15) is 11.8 Å². The minimum absolute atomic E-state index is 0.536. The van der Waals surface area contributed by atoms with E-state index in [9.17, 15) is 0 Å². The first kappa shape index (κ1) is 13.8. The van der Waals surface area contributed by atoms with Crippen molar-refractivity contribution in [2.24, 2.45) is 5.41 Å². The molecule has 0 saturated heterocycles. The highest BCUT2D eigenvalue weighted by Gasteiger charge is 2.25. The molecule has 80 valence electrons. The summed E-state index contributed by atoms with van der Waals surface area (Å²) in [5.74, 6) is 1.31. The summed E-state index contributed by atoms with van der Waals surface area (Å²) in [7, 11) is 0. The zero-order valence-electron chi connectivity index (χ0n) is 9.40. The Morgan fingerprint density at radius 1 is 1.23 bits per heavy atom. The molecule has 0 bridgehead atoms. The average molecular weight is 267 g/mol. The van der Waals surface area contributed by atoms with Crippen LogP contribution >= 0.6 is 27.7 Å². The second-order valence-corrected chi connectivity index (χ2v) is 5.86. The average Bonchev–Trinajstić information content (AvgIpc) is 2.20. The van der Waals surface area contributed by atoms with Gasteiger partial charge in [-0.15, -0.1) is 0 Å². The van der Waals surface area contributed by atoms with Gasteiger partial charge in [0.2, 0.25) is 0 Å². The van der Waals surface area contributed by atoms with E-state index in [0.717, 1.165) is 10.6 Å². The van der Waals surface area contributed by atoms with E-state index < -0.39 is 0 Å². The fraction of sp³-hybridized carbons (Fsp3) is 1.00. The van der Waals surface area contributed by atoms with Gasteiger partial charge in [0.1, 0.15) is 0 Å². The monoisotopic (exact) mass is 266 g/mol. The van der Waals surface area contributed by atoms with Crippen molar-refractivity contribution < 1.29 is 0 Å². The van der Waals surface area contributed by atoms with Crippen LogP contribution in [0.3, 0.4) is 0 Å². The molecule has 13 heavy (non-hydrogen) atoms. The predicted octanol–water partition coefficient (Wildman–Crippen LogP) is 4.72. The maximum absolute atomic E-state index is 3.65. The van der Waals surface area contributed by atoms with Crippen LogP contribution in [0, 0.1) is 5.41 Å². The number of rotatable bonds is 7. The van der Waals surface area contributed by atoms with Gasteiger partial charge in [-0.1, -0.05) is 43.6 Å². The Kier molecular flexibility index (Phi) is 7.62. The first-order valence-corrected chi connectivity index (χ1v) is 7.48. The summed E-state index contributed by atoms with van der Waals surface area (Å²) in [6, 6.07) is 0. The van der Waals surface area contributed by atoms with Gasteiger partial charge in [0.05, 0.1) is 0 Å². The van der Waals surface area contributed by atoms with Crippen LogP contribution in [0.1, 0.15) is 47.0 Å². The molecule has 0 saturated carbocycles. The third kappa shape index (κ3) is 4.73. The maximum Gasteiger partial charge on any atom is 0.00956 e. The largest absolute Gasteiger partial charge is 0.158 e. The molecule has 0 aromatic heterocycles. The van der Waals surface area contributed by atoms with Crippen LogP contribution in [0.15, 0.2) is 0 Å². The lowest BCUT2D eigenvalue weighted by atomic mass is 9.87. The summed E-state index contributed by atoms with van der Waals surface area (Å²) in [4.78, 5) is 0. The minimum Gasteiger partial charge on any atom is -0.158 e. The molecule has 0 aromatic rings. The molecule has 0 nitrogen and oxygen atoms in total. The smallest absolute Gasteiger partial charge is 0.00956 e. The molecule has 0 heterocycles. The lowest BCUT2D eigenvalue weighted by molar-refractivity contribution is 0.359. The molecular formula is C11H23BrS. The molecule has 0 amide bonds.